The van der Waals surface area contributed by atoms with Crippen molar-refractivity contribution in [3.8, 4) is 11.1 Å². The normalized spacial score (nSPS) is 23.4. The summed E-state index contributed by atoms with van der Waals surface area (Å²) in [6.07, 6.45) is 3.30. The van der Waals surface area contributed by atoms with Gasteiger partial charge in [-0.1, -0.05) is 84.9 Å². The fraction of sp³-hybridized carbons (Fsp3) is 0.281. The molecule has 4 aromatic rings. The first-order valence-electron chi connectivity index (χ1n) is 13.6. The quantitative estimate of drug-likeness (QED) is 0.344. The largest absolute Gasteiger partial charge is 0.317 e. The zero-order chi connectivity index (χ0) is 26.8. The van der Waals surface area contributed by atoms with Gasteiger partial charge in [0.2, 0.25) is 5.96 Å². The molecule has 7 rings (SSSR count). The molecular weight excluding hydrogens is 481 g/mol. The highest BCUT2D eigenvalue weighted by Gasteiger charge is 2.61. The number of hydrogen-bond acceptors (Lipinski definition) is 4. The molecule has 2 radical (unpaired) electrons. The van der Waals surface area contributed by atoms with Gasteiger partial charge >= 0.3 is 0 Å². The van der Waals surface area contributed by atoms with E-state index in [0.29, 0.717) is 30.4 Å². The Morgan fingerprint density at radius 2 is 1.54 bits per heavy atom. The fourth-order valence-corrected chi connectivity index (χ4v) is 6.45. The molecule has 1 saturated carbocycles. The van der Waals surface area contributed by atoms with Crippen LogP contribution in [-0.2, 0) is 13.0 Å². The van der Waals surface area contributed by atoms with E-state index in [1.165, 1.54) is 11.1 Å². The van der Waals surface area contributed by atoms with Crippen molar-refractivity contribution < 1.29 is 4.79 Å². The molecule has 3 heterocycles. The summed E-state index contributed by atoms with van der Waals surface area (Å²) < 4.78 is 2.08. The van der Waals surface area contributed by atoms with E-state index in [4.69, 9.17) is 17.8 Å². The van der Waals surface area contributed by atoms with E-state index in [-0.39, 0.29) is 5.91 Å². The van der Waals surface area contributed by atoms with Crippen molar-refractivity contribution >= 4 is 25.5 Å². The third-order valence-corrected chi connectivity index (χ3v) is 8.75. The minimum absolute atomic E-state index is 0.0960. The highest BCUT2D eigenvalue weighted by Crippen LogP contribution is 2.52. The molecule has 0 unspecified atom stereocenters. The Morgan fingerprint density at radius 1 is 0.872 bits per heavy atom. The van der Waals surface area contributed by atoms with E-state index in [0.717, 1.165) is 36.2 Å². The second kappa shape index (κ2) is 8.70. The number of imidazole rings is 1. The SMILES string of the molecule is [B][C@]12CCC[C@@]1(C)N=C1N(C)C(=O)c3c(nc(Cc4ccc(-c5ccccc5)cc4)n3Cc3ccccc3)N12. The average Bonchev–Trinajstić information content (AvgIpc) is 3.52. The Bertz CT molecular complexity index is 1600. The first-order valence-corrected chi connectivity index (χ1v) is 13.6. The van der Waals surface area contributed by atoms with Crippen LogP contribution in [0.5, 0.6) is 0 Å². The molecule has 39 heavy (non-hydrogen) atoms. The third-order valence-electron chi connectivity index (χ3n) is 8.75. The van der Waals surface area contributed by atoms with Crippen LogP contribution >= 0.6 is 0 Å². The van der Waals surface area contributed by atoms with Crippen LogP contribution in [0.3, 0.4) is 0 Å². The first-order chi connectivity index (χ1) is 18.9. The summed E-state index contributed by atoms with van der Waals surface area (Å²) in [6.45, 7) is 2.66. The Balaban J connectivity index is 1.33. The molecule has 0 saturated heterocycles. The smallest absolute Gasteiger partial charge is 0.280 e. The lowest BCUT2D eigenvalue weighted by Crippen LogP contribution is -2.61. The van der Waals surface area contributed by atoms with Crippen molar-refractivity contribution in [3.05, 3.63) is 108 Å². The van der Waals surface area contributed by atoms with E-state index in [9.17, 15) is 4.79 Å². The number of anilines is 1. The van der Waals surface area contributed by atoms with Crippen LogP contribution in [0.25, 0.3) is 11.1 Å². The van der Waals surface area contributed by atoms with Gasteiger partial charge in [0, 0.05) is 25.5 Å². The van der Waals surface area contributed by atoms with Crippen LogP contribution in [0.15, 0.2) is 89.9 Å². The molecule has 0 N–H and O–H groups in total. The second-order valence-corrected chi connectivity index (χ2v) is 11.2. The van der Waals surface area contributed by atoms with Gasteiger partial charge in [0.25, 0.3) is 5.91 Å². The average molecular weight is 511 g/mol. The van der Waals surface area contributed by atoms with Crippen LogP contribution < -0.4 is 4.90 Å². The molecule has 1 aliphatic carbocycles. The molecule has 1 aromatic heterocycles. The number of rotatable bonds is 5. The third kappa shape index (κ3) is 3.59. The van der Waals surface area contributed by atoms with Gasteiger partial charge in [0.15, 0.2) is 11.5 Å². The van der Waals surface area contributed by atoms with Crippen molar-refractivity contribution in [1.82, 2.24) is 14.5 Å². The Labute approximate surface area is 230 Å². The predicted octanol–water partition coefficient (Wildman–Crippen LogP) is 5.26. The molecule has 2 aliphatic heterocycles. The number of aromatic nitrogens is 2. The lowest BCUT2D eigenvalue weighted by atomic mass is 9.66. The summed E-state index contributed by atoms with van der Waals surface area (Å²) >= 11 is 0. The molecule has 3 aromatic carbocycles. The monoisotopic (exact) mass is 511 g/mol. The highest BCUT2D eigenvalue weighted by atomic mass is 16.2. The molecule has 1 amide bonds. The number of fused-ring (bicyclic) bond motifs is 5. The molecule has 1 fully saturated rings. The zero-order valence-electron chi connectivity index (χ0n) is 22.3. The Hall–Kier alpha value is -4.13. The van der Waals surface area contributed by atoms with Crippen molar-refractivity contribution in [3.63, 3.8) is 0 Å². The van der Waals surface area contributed by atoms with Crippen molar-refractivity contribution in [2.75, 3.05) is 11.9 Å². The summed E-state index contributed by atoms with van der Waals surface area (Å²) in [5.41, 5.74) is 4.04. The van der Waals surface area contributed by atoms with E-state index in [1.807, 2.05) is 24.3 Å². The Morgan fingerprint density at radius 3 is 2.26 bits per heavy atom. The van der Waals surface area contributed by atoms with Crippen LogP contribution in [0, 0.1) is 0 Å². The molecule has 192 valence electrons. The molecule has 0 bridgehead atoms. The van der Waals surface area contributed by atoms with Gasteiger partial charge in [-0.3, -0.25) is 14.6 Å². The lowest BCUT2D eigenvalue weighted by molar-refractivity contribution is 0.0854. The van der Waals surface area contributed by atoms with Gasteiger partial charge in [-0.2, -0.15) is 0 Å². The molecule has 2 atom stereocenters. The zero-order valence-corrected chi connectivity index (χ0v) is 22.3. The van der Waals surface area contributed by atoms with Crippen LogP contribution in [0.4, 0.5) is 5.82 Å². The molecule has 3 aliphatic rings. The number of carbonyl (C=O) groups is 1. The van der Waals surface area contributed by atoms with Gasteiger partial charge in [-0.15, -0.1) is 0 Å². The maximum Gasteiger partial charge on any atom is 0.280 e. The summed E-state index contributed by atoms with van der Waals surface area (Å²) in [7, 11) is 8.93. The number of aliphatic imine (C=N–C) groups is 1. The number of carbonyl (C=O) groups excluding carboxylic acids is 1. The van der Waals surface area contributed by atoms with E-state index in [2.05, 4.69) is 77.1 Å². The summed E-state index contributed by atoms with van der Waals surface area (Å²) in [6, 6.07) is 29.2. The van der Waals surface area contributed by atoms with Crippen LogP contribution in [0.2, 0.25) is 0 Å². The van der Waals surface area contributed by atoms with Gasteiger partial charge in [0.1, 0.15) is 13.7 Å². The van der Waals surface area contributed by atoms with Gasteiger partial charge in [0.05, 0.1) is 5.54 Å². The lowest BCUT2D eigenvalue weighted by Gasteiger charge is -2.43. The van der Waals surface area contributed by atoms with Crippen LogP contribution in [0.1, 0.15) is 53.6 Å². The van der Waals surface area contributed by atoms with E-state index >= 15 is 0 Å². The predicted molar refractivity (Wildman–Crippen MR) is 155 cm³/mol. The van der Waals surface area contributed by atoms with E-state index in [1.54, 1.807) is 11.9 Å². The topological polar surface area (TPSA) is 53.7 Å². The van der Waals surface area contributed by atoms with E-state index < -0.39 is 11.0 Å². The summed E-state index contributed by atoms with van der Waals surface area (Å²) in [5.74, 6) is 1.99. The van der Waals surface area contributed by atoms with Gasteiger partial charge < -0.3 is 4.57 Å². The highest BCUT2D eigenvalue weighted by molar-refractivity contribution is 6.28. The van der Waals surface area contributed by atoms with Crippen LogP contribution in [-0.4, -0.2) is 52.2 Å². The van der Waals surface area contributed by atoms with Gasteiger partial charge in [-0.05, 0) is 48.4 Å². The van der Waals surface area contributed by atoms with Crippen molar-refractivity contribution in [2.24, 2.45) is 4.99 Å². The van der Waals surface area contributed by atoms with Crippen molar-refractivity contribution in [1.29, 1.82) is 0 Å². The maximum atomic E-state index is 13.9. The Kier molecular flexibility index (Phi) is 5.34. The fourth-order valence-electron chi connectivity index (χ4n) is 6.45. The maximum absolute atomic E-state index is 13.9. The summed E-state index contributed by atoms with van der Waals surface area (Å²) in [4.78, 5) is 27.8. The summed E-state index contributed by atoms with van der Waals surface area (Å²) in [5, 5.41) is 0. The molecule has 7 heteroatoms. The minimum Gasteiger partial charge on any atom is -0.317 e. The number of hydrogen-bond donors (Lipinski definition) is 0. The minimum atomic E-state index is -0.702. The molecular formula is C32H30BN5O. The number of guanidine groups is 1. The number of nitrogens with zero attached hydrogens (tertiary/aromatic N) is 5. The second-order valence-electron chi connectivity index (χ2n) is 11.2. The molecule has 6 nitrogen and oxygen atoms in total. The first kappa shape index (κ1) is 24.0. The standard InChI is InChI=1S/C32H30BN5O/c1-31-18-9-19-32(31,33)38-28-27(29(39)36(2)30(38)35-31)37(21-23-10-5-3-6-11-23)26(34-28)20-22-14-16-25(17-15-22)24-12-7-4-8-13-24/h3-8,10-17H,9,18-21H2,1-2H3/t31-,32+/m1/s1. The van der Waals surface area contributed by atoms with Crippen molar-refractivity contribution in [2.45, 2.75) is 50.1 Å². The number of amides is 1. The van der Waals surface area contributed by atoms with Gasteiger partial charge in [-0.25, -0.2) is 9.98 Å². The number of benzene rings is 3. The molecule has 0 spiro atoms.